The van der Waals surface area contributed by atoms with E-state index in [0.29, 0.717) is 4.47 Å². The molecular weight excluding hydrogens is 288 g/mol. The Morgan fingerprint density at radius 1 is 1.20 bits per heavy atom. The number of likely N-dealkylation sites (tertiary alicyclic amines) is 1. The van der Waals surface area contributed by atoms with Crippen molar-refractivity contribution in [2.75, 3.05) is 13.1 Å². The summed E-state index contributed by atoms with van der Waals surface area (Å²) in [6.45, 7) is 3.38. The monoisotopic (exact) mass is 306 g/mol. The second kappa shape index (κ2) is 6.70. The van der Waals surface area contributed by atoms with Gasteiger partial charge in [-0.2, -0.15) is 0 Å². The molecule has 106 valence electrons. The van der Waals surface area contributed by atoms with Crippen LogP contribution in [0.3, 0.4) is 0 Å². The second-order valence-corrected chi connectivity index (χ2v) is 7.19. The highest BCUT2D eigenvalue weighted by molar-refractivity contribution is 7.15. The zero-order valence-electron chi connectivity index (χ0n) is 11.5. The van der Waals surface area contributed by atoms with E-state index < -0.39 is 0 Å². The third-order valence-electron chi connectivity index (χ3n) is 3.98. The van der Waals surface area contributed by atoms with E-state index in [-0.39, 0.29) is 0 Å². The van der Waals surface area contributed by atoms with Crippen molar-refractivity contribution in [3.05, 3.63) is 51.4 Å². The number of benzene rings is 1. The SMILES string of the molecule is Clc1ncc(CN2CCC(Cc3ccccc3)CC2)s1. The van der Waals surface area contributed by atoms with Crippen molar-refractivity contribution in [3.8, 4) is 0 Å². The molecule has 0 atom stereocenters. The van der Waals surface area contributed by atoms with Crippen LogP contribution >= 0.6 is 22.9 Å². The molecule has 20 heavy (non-hydrogen) atoms. The van der Waals surface area contributed by atoms with Crippen LogP contribution in [0.1, 0.15) is 23.3 Å². The number of hydrogen-bond acceptors (Lipinski definition) is 3. The van der Waals surface area contributed by atoms with Crippen molar-refractivity contribution >= 4 is 22.9 Å². The average molecular weight is 307 g/mol. The third kappa shape index (κ3) is 3.81. The minimum absolute atomic E-state index is 0.652. The molecule has 2 nitrogen and oxygen atoms in total. The lowest BCUT2D eigenvalue weighted by atomic mass is 9.90. The van der Waals surface area contributed by atoms with Crippen LogP contribution in [0.15, 0.2) is 36.5 Å². The zero-order valence-corrected chi connectivity index (χ0v) is 13.0. The summed E-state index contributed by atoms with van der Waals surface area (Å²) in [4.78, 5) is 7.90. The fourth-order valence-electron chi connectivity index (χ4n) is 2.87. The van der Waals surface area contributed by atoms with Gasteiger partial charge < -0.3 is 0 Å². The van der Waals surface area contributed by atoms with Gasteiger partial charge >= 0.3 is 0 Å². The summed E-state index contributed by atoms with van der Waals surface area (Å²) < 4.78 is 0.652. The Morgan fingerprint density at radius 3 is 2.60 bits per heavy atom. The van der Waals surface area contributed by atoms with Gasteiger partial charge in [-0.1, -0.05) is 41.9 Å². The van der Waals surface area contributed by atoms with Gasteiger partial charge in [-0.3, -0.25) is 4.90 Å². The van der Waals surface area contributed by atoms with Gasteiger partial charge in [0.2, 0.25) is 0 Å². The number of halogens is 1. The quantitative estimate of drug-likeness (QED) is 0.839. The van der Waals surface area contributed by atoms with Gasteiger partial charge in [-0.25, -0.2) is 4.98 Å². The normalized spacial score (nSPS) is 17.4. The molecule has 0 saturated carbocycles. The van der Waals surface area contributed by atoms with Gasteiger partial charge in [0.1, 0.15) is 0 Å². The summed E-state index contributed by atoms with van der Waals surface area (Å²) in [6.07, 6.45) is 5.72. The van der Waals surface area contributed by atoms with Crippen LogP contribution in [0.5, 0.6) is 0 Å². The Balaban J connectivity index is 1.47. The van der Waals surface area contributed by atoms with E-state index in [4.69, 9.17) is 11.6 Å². The van der Waals surface area contributed by atoms with Crippen molar-refractivity contribution in [3.63, 3.8) is 0 Å². The van der Waals surface area contributed by atoms with Crippen molar-refractivity contribution in [1.29, 1.82) is 0 Å². The van der Waals surface area contributed by atoms with Crippen LogP contribution in [-0.2, 0) is 13.0 Å². The molecule has 1 aliphatic rings. The number of hydrogen-bond donors (Lipinski definition) is 0. The molecule has 0 unspecified atom stereocenters. The molecule has 0 bridgehead atoms. The van der Waals surface area contributed by atoms with Crippen molar-refractivity contribution < 1.29 is 0 Å². The van der Waals surface area contributed by atoms with Crippen LogP contribution in [0.2, 0.25) is 4.47 Å². The lowest BCUT2D eigenvalue weighted by Gasteiger charge is -2.31. The maximum absolute atomic E-state index is 5.88. The Bertz CT molecular complexity index is 532. The highest BCUT2D eigenvalue weighted by Crippen LogP contribution is 2.25. The smallest absolute Gasteiger partial charge is 0.183 e. The molecule has 1 aromatic heterocycles. The van der Waals surface area contributed by atoms with Gasteiger partial charge in [0.05, 0.1) is 0 Å². The zero-order chi connectivity index (χ0) is 13.8. The fourth-order valence-corrected chi connectivity index (χ4v) is 3.89. The van der Waals surface area contributed by atoms with Crippen molar-refractivity contribution in [2.24, 2.45) is 5.92 Å². The van der Waals surface area contributed by atoms with Crippen molar-refractivity contribution in [1.82, 2.24) is 9.88 Å². The van der Waals surface area contributed by atoms with Crippen LogP contribution < -0.4 is 0 Å². The number of aromatic nitrogens is 1. The molecule has 0 N–H and O–H groups in total. The van der Waals surface area contributed by atoms with Gasteiger partial charge in [0.25, 0.3) is 0 Å². The summed E-state index contributed by atoms with van der Waals surface area (Å²) in [5.41, 5.74) is 1.47. The summed E-state index contributed by atoms with van der Waals surface area (Å²) >= 11 is 7.48. The molecule has 1 saturated heterocycles. The first-order chi connectivity index (χ1) is 9.79. The summed E-state index contributed by atoms with van der Waals surface area (Å²) in [5.74, 6) is 0.832. The fraction of sp³-hybridized carbons (Fsp3) is 0.438. The van der Waals surface area contributed by atoms with E-state index in [1.54, 1.807) is 11.3 Å². The van der Waals surface area contributed by atoms with Crippen LogP contribution in [-0.4, -0.2) is 23.0 Å². The van der Waals surface area contributed by atoms with Gasteiger partial charge in [0, 0.05) is 17.6 Å². The number of piperidine rings is 1. The van der Waals surface area contributed by atoms with E-state index in [2.05, 4.69) is 40.2 Å². The van der Waals surface area contributed by atoms with Gasteiger partial charge in [-0.15, -0.1) is 11.3 Å². The number of rotatable bonds is 4. The molecule has 0 radical (unpaired) electrons. The van der Waals surface area contributed by atoms with Gasteiger partial charge in [0.15, 0.2) is 4.47 Å². The Hall–Kier alpha value is -0.900. The van der Waals surface area contributed by atoms with E-state index in [1.807, 2.05) is 6.20 Å². The molecule has 2 heterocycles. The van der Waals surface area contributed by atoms with Crippen molar-refractivity contribution in [2.45, 2.75) is 25.8 Å². The van der Waals surface area contributed by atoms with E-state index in [1.165, 1.54) is 42.8 Å². The number of nitrogens with zero attached hydrogens (tertiary/aromatic N) is 2. The Morgan fingerprint density at radius 2 is 1.95 bits per heavy atom. The highest BCUT2D eigenvalue weighted by Gasteiger charge is 2.19. The maximum atomic E-state index is 5.88. The molecule has 2 aromatic rings. The summed E-state index contributed by atoms with van der Waals surface area (Å²) in [6, 6.07) is 10.8. The molecule has 0 amide bonds. The van der Waals surface area contributed by atoms with E-state index >= 15 is 0 Å². The molecule has 0 aliphatic carbocycles. The third-order valence-corrected chi connectivity index (χ3v) is 5.08. The van der Waals surface area contributed by atoms with E-state index in [0.717, 1.165) is 12.5 Å². The Labute approximate surface area is 129 Å². The van der Waals surface area contributed by atoms with Crippen LogP contribution in [0, 0.1) is 5.92 Å². The maximum Gasteiger partial charge on any atom is 0.183 e. The predicted molar refractivity (Wildman–Crippen MR) is 85.3 cm³/mol. The lowest BCUT2D eigenvalue weighted by molar-refractivity contribution is 0.178. The molecule has 3 rings (SSSR count). The minimum atomic E-state index is 0.652. The largest absolute Gasteiger partial charge is 0.298 e. The topological polar surface area (TPSA) is 16.1 Å². The minimum Gasteiger partial charge on any atom is -0.298 e. The average Bonchev–Trinajstić information content (AvgIpc) is 2.88. The first kappa shape index (κ1) is 14.1. The standard InChI is InChI=1S/C16H19ClN2S/c17-16-18-11-15(20-16)12-19-8-6-14(7-9-19)10-13-4-2-1-3-5-13/h1-5,11,14H,6-10,12H2. The first-order valence-electron chi connectivity index (χ1n) is 7.16. The van der Waals surface area contributed by atoms with Gasteiger partial charge in [-0.05, 0) is 43.8 Å². The molecular formula is C16H19ClN2S. The van der Waals surface area contributed by atoms with Crippen LogP contribution in [0.4, 0.5) is 0 Å². The lowest BCUT2D eigenvalue weighted by Crippen LogP contribution is -2.33. The van der Waals surface area contributed by atoms with Crippen LogP contribution in [0.25, 0.3) is 0 Å². The second-order valence-electron chi connectivity index (χ2n) is 5.49. The Kier molecular flexibility index (Phi) is 4.71. The highest BCUT2D eigenvalue weighted by atomic mass is 35.5. The molecule has 1 aliphatic heterocycles. The summed E-state index contributed by atoms with van der Waals surface area (Å²) in [5, 5.41) is 0. The molecule has 4 heteroatoms. The number of thiazole rings is 1. The summed E-state index contributed by atoms with van der Waals surface area (Å²) in [7, 11) is 0. The first-order valence-corrected chi connectivity index (χ1v) is 8.35. The molecule has 0 spiro atoms. The van der Waals surface area contributed by atoms with E-state index in [9.17, 15) is 0 Å². The predicted octanol–water partition coefficient (Wildman–Crippen LogP) is 4.25. The molecule has 1 fully saturated rings. The molecule has 1 aromatic carbocycles.